The topological polar surface area (TPSA) is 82.0 Å². The lowest BCUT2D eigenvalue weighted by Gasteiger charge is -2.35. The number of hydrogen-bond donors (Lipinski definition) is 4. The van der Waals surface area contributed by atoms with Crippen LogP contribution in [0.3, 0.4) is 0 Å². The first kappa shape index (κ1) is 10.2. The van der Waals surface area contributed by atoms with Gasteiger partial charge in [0.25, 0.3) is 0 Å². The molecule has 0 aromatic heterocycles. The zero-order chi connectivity index (χ0) is 9.14. The summed E-state index contributed by atoms with van der Waals surface area (Å²) in [5, 5.41) is 27.3. The van der Waals surface area contributed by atoms with E-state index in [1.165, 1.54) is 0 Å². The van der Waals surface area contributed by atoms with Crippen molar-refractivity contribution in [2.75, 3.05) is 13.2 Å². The smallest absolute Gasteiger partial charge is 0.110 e. The summed E-state index contributed by atoms with van der Waals surface area (Å²) < 4.78 is 5.01. The van der Waals surface area contributed by atoms with Crippen molar-refractivity contribution in [1.82, 2.24) is 4.84 Å². The Morgan fingerprint density at radius 2 is 2.08 bits per heavy atom. The number of hydrogen-bond acceptors (Lipinski definition) is 5. The highest BCUT2D eigenvalue weighted by molar-refractivity contribution is 6.13. The maximum Gasteiger partial charge on any atom is 0.110 e. The van der Waals surface area contributed by atoms with E-state index in [1.54, 1.807) is 0 Å². The van der Waals surface area contributed by atoms with Crippen LogP contribution in [0.25, 0.3) is 0 Å². The zero-order valence-corrected chi connectivity index (χ0v) is 7.11. The first-order chi connectivity index (χ1) is 5.70. The Labute approximate surface area is 75.0 Å². The fourth-order valence-corrected chi connectivity index (χ4v) is 1.33. The van der Waals surface area contributed by atoms with Crippen molar-refractivity contribution in [3.63, 3.8) is 0 Å². The van der Waals surface area contributed by atoms with Crippen molar-refractivity contribution in [2.45, 2.75) is 24.4 Å². The monoisotopic (exact) mass is 197 g/mol. The van der Waals surface area contributed by atoms with Gasteiger partial charge in [-0.05, 0) is 11.8 Å². The molecule has 5 nitrogen and oxygen atoms in total. The molecule has 0 saturated carbocycles. The van der Waals surface area contributed by atoms with Gasteiger partial charge in [-0.1, -0.05) is 0 Å². The molecule has 0 bridgehead atoms. The lowest BCUT2D eigenvalue weighted by atomic mass is 9.99. The Kier molecular flexibility index (Phi) is 3.70. The molecule has 1 rings (SSSR count). The molecule has 0 aromatic rings. The van der Waals surface area contributed by atoms with Crippen molar-refractivity contribution in [2.24, 2.45) is 0 Å². The molecule has 1 saturated heterocycles. The first-order valence-corrected chi connectivity index (χ1v) is 4.03. The largest absolute Gasteiger partial charge is 0.394 e. The Balaban J connectivity index is 2.52. The van der Waals surface area contributed by atoms with E-state index in [1.807, 2.05) is 0 Å². The van der Waals surface area contributed by atoms with Gasteiger partial charge in [0.05, 0.1) is 19.3 Å². The lowest BCUT2D eigenvalue weighted by molar-refractivity contribution is -0.158. The number of aliphatic hydroxyl groups excluding tert-OH is 3. The highest BCUT2D eigenvalue weighted by Gasteiger charge is 2.37. The summed E-state index contributed by atoms with van der Waals surface area (Å²) in [6.45, 7) is -0.139. The summed E-state index contributed by atoms with van der Waals surface area (Å²) >= 11 is 5.27. The van der Waals surface area contributed by atoms with E-state index in [2.05, 4.69) is 4.84 Å². The number of halogens is 1. The van der Waals surface area contributed by atoms with E-state index in [0.29, 0.717) is 0 Å². The molecule has 1 aliphatic rings. The Morgan fingerprint density at radius 1 is 1.42 bits per heavy atom. The lowest BCUT2D eigenvalue weighted by Crippen LogP contribution is -2.57. The Bertz CT molecular complexity index is 132. The van der Waals surface area contributed by atoms with Crippen molar-refractivity contribution >= 4 is 11.8 Å². The van der Waals surface area contributed by atoms with E-state index >= 15 is 0 Å². The number of aliphatic hydroxyl groups is 3. The predicted octanol–water partition coefficient (Wildman–Crippen LogP) is -1.79. The molecule has 0 aromatic carbocycles. The van der Waals surface area contributed by atoms with E-state index in [-0.39, 0.29) is 13.2 Å². The quantitative estimate of drug-likeness (QED) is 0.393. The summed E-state index contributed by atoms with van der Waals surface area (Å²) in [7, 11) is 0. The number of rotatable bonds is 2. The van der Waals surface area contributed by atoms with Gasteiger partial charge in [-0.15, -0.1) is 0 Å². The second-order valence-corrected chi connectivity index (χ2v) is 2.97. The molecule has 4 N–H and O–H groups in total. The van der Waals surface area contributed by atoms with Gasteiger partial charge in [-0.2, -0.15) is 0 Å². The summed E-state index contributed by atoms with van der Waals surface area (Å²) in [6.07, 6.45) is -2.82. The van der Waals surface area contributed by atoms with Crippen molar-refractivity contribution < 1.29 is 20.1 Å². The fourth-order valence-electron chi connectivity index (χ4n) is 1.14. The SMILES string of the molecule is OC[C@H]1OC[C@H](NCl)[C@@H](O)[C@@H]1O. The van der Waals surface area contributed by atoms with Gasteiger partial charge < -0.3 is 20.1 Å². The van der Waals surface area contributed by atoms with Gasteiger partial charge >= 0.3 is 0 Å². The molecular formula is C6H12ClNO4. The van der Waals surface area contributed by atoms with Gasteiger partial charge in [0.15, 0.2) is 0 Å². The molecule has 0 unspecified atom stereocenters. The second kappa shape index (κ2) is 4.36. The molecular weight excluding hydrogens is 186 g/mol. The van der Waals surface area contributed by atoms with Crippen LogP contribution < -0.4 is 4.84 Å². The van der Waals surface area contributed by atoms with Gasteiger partial charge in [0.2, 0.25) is 0 Å². The Morgan fingerprint density at radius 3 is 2.58 bits per heavy atom. The fraction of sp³-hybridized carbons (Fsp3) is 1.00. The maximum atomic E-state index is 9.35. The van der Waals surface area contributed by atoms with E-state index in [0.717, 1.165) is 0 Å². The number of nitrogens with one attached hydrogen (secondary N) is 1. The van der Waals surface area contributed by atoms with E-state index in [4.69, 9.17) is 21.6 Å². The minimum absolute atomic E-state index is 0.174. The molecule has 12 heavy (non-hydrogen) atoms. The molecule has 0 amide bonds. The van der Waals surface area contributed by atoms with Gasteiger partial charge in [0, 0.05) is 0 Å². The standard InChI is InChI=1S/C6H12ClNO4/c7-8-3-2-12-4(1-9)6(11)5(3)10/h3-6,8-11H,1-2H2/t3-,4+,5+,6+/m0/s1. The minimum atomic E-state index is -1.10. The molecule has 1 heterocycles. The van der Waals surface area contributed by atoms with Crippen LogP contribution in [0.1, 0.15) is 0 Å². The Hall–Kier alpha value is 0.0900. The van der Waals surface area contributed by atoms with Crippen molar-refractivity contribution in [3.05, 3.63) is 0 Å². The molecule has 0 radical (unpaired) electrons. The third kappa shape index (κ3) is 1.87. The van der Waals surface area contributed by atoms with Gasteiger partial charge in [-0.25, -0.2) is 4.84 Å². The normalized spacial score (nSPS) is 43.0. The highest BCUT2D eigenvalue weighted by Crippen LogP contribution is 2.15. The third-order valence-corrected chi connectivity index (χ3v) is 2.23. The van der Waals surface area contributed by atoms with Crippen LogP contribution >= 0.6 is 11.8 Å². The molecule has 4 atom stereocenters. The summed E-state index contributed by atoms with van der Waals surface area (Å²) in [5.74, 6) is 0. The van der Waals surface area contributed by atoms with Crippen molar-refractivity contribution in [3.8, 4) is 0 Å². The van der Waals surface area contributed by atoms with E-state index in [9.17, 15) is 10.2 Å². The summed E-state index contributed by atoms with van der Waals surface area (Å²) in [4.78, 5) is 2.28. The van der Waals surface area contributed by atoms with Crippen LogP contribution in [-0.4, -0.2) is 52.9 Å². The average Bonchev–Trinajstić information content (AvgIpc) is 2.10. The van der Waals surface area contributed by atoms with Crippen LogP contribution in [-0.2, 0) is 4.74 Å². The van der Waals surface area contributed by atoms with Crippen LogP contribution in [0.15, 0.2) is 0 Å². The number of ether oxygens (including phenoxy) is 1. The molecule has 6 heteroatoms. The van der Waals surface area contributed by atoms with Crippen LogP contribution in [0.5, 0.6) is 0 Å². The van der Waals surface area contributed by atoms with Crippen LogP contribution in [0.2, 0.25) is 0 Å². The summed E-state index contributed by atoms with van der Waals surface area (Å²) in [5.41, 5.74) is 0. The average molecular weight is 198 g/mol. The minimum Gasteiger partial charge on any atom is -0.394 e. The van der Waals surface area contributed by atoms with E-state index < -0.39 is 24.4 Å². The van der Waals surface area contributed by atoms with Crippen LogP contribution in [0.4, 0.5) is 0 Å². The highest BCUT2D eigenvalue weighted by atomic mass is 35.5. The van der Waals surface area contributed by atoms with Crippen molar-refractivity contribution in [1.29, 1.82) is 0 Å². The van der Waals surface area contributed by atoms with Gasteiger partial charge in [0.1, 0.15) is 18.3 Å². The maximum absolute atomic E-state index is 9.35. The second-order valence-electron chi connectivity index (χ2n) is 2.75. The summed E-state index contributed by atoms with van der Waals surface area (Å²) in [6, 6.07) is -0.496. The molecule has 1 fully saturated rings. The molecule has 1 aliphatic heterocycles. The molecule has 0 spiro atoms. The van der Waals surface area contributed by atoms with Crippen LogP contribution in [0, 0.1) is 0 Å². The first-order valence-electron chi connectivity index (χ1n) is 3.65. The molecule has 72 valence electrons. The third-order valence-electron chi connectivity index (χ3n) is 1.95. The predicted molar refractivity (Wildman–Crippen MR) is 41.6 cm³/mol. The molecule has 0 aliphatic carbocycles. The zero-order valence-electron chi connectivity index (χ0n) is 6.35. The van der Waals surface area contributed by atoms with Gasteiger partial charge in [-0.3, -0.25) is 0 Å².